The van der Waals surface area contributed by atoms with E-state index >= 15 is 0 Å². The van der Waals surface area contributed by atoms with Crippen molar-refractivity contribution >= 4 is 33.9 Å². The largest absolute Gasteiger partial charge is 0.309 e. The highest BCUT2D eigenvalue weighted by molar-refractivity contribution is 14.1. The molecule has 0 radical (unpaired) electrons. The summed E-state index contributed by atoms with van der Waals surface area (Å²) in [6, 6.07) is 0.610. The minimum Gasteiger partial charge on any atom is -0.309 e. The van der Waals surface area contributed by atoms with Crippen LogP contribution in [-0.4, -0.2) is 36.6 Å². The zero-order valence-electron chi connectivity index (χ0n) is 11.7. The van der Waals surface area contributed by atoms with Crippen LogP contribution in [0.25, 0.3) is 0 Å². The van der Waals surface area contributed by atoms with Gasteiger partial charge >= 0.3 is 0 Å². The molecule has 1 aromatic heterocycles. The summed E-state index contributed by atoms with van der Waals surface area (Å²) in [4.78, 5) is 6.72. The molecule has 3 nitrogen and oxygen atoms in total. The summed E-state index contributed by atoms with van der Waals surface area (Å²) in [5.74, 6) is 0.768. The van der Waals surface area contributed by atoms with Gasteiger partial charge in [0.15, 0.2) is 0 Å². The summed E-state index contributed by atoms with van der Waals surface area (Å²) in [6.07, 6.45) is 4.43. The van der Waals surface area contributed by atoms with E-state index < -0.39 is 0 Å². The molecule has 1 unspecified atom stereocenters. The third-order valence-corrected chi connectivity index (χ3v) is 5.14. The molecule has 1 heterocycles. The first-order valence-electron chi connectivity index (χ1n) is 6.55. The maximum atomic E-state index is 4.38. The Kier molecular flexibility index (Phi) is 7.67. The van der Waals surface area contributed by atoms with Crippen molar-refractivity contribution in [1.29, 1.82) is 0 Å². The summed E-state index contributed by atoms with van der Waals surface area (Å²) in [7, 11) is 4.36. The molecule has 1 N–H and O–H groups in total. The van der Waals surface area contributed by atoms with Gasteiger partial charge in [-0.25, -0.2) is 4.98 Å². The van der Waals surface area contributed by atoms with Crippen LogP contribution in [0.2, 0.25) is 0 Å². The second kappa shape index (κ2) is 8.45. The van der Waals surface area contributed by atoms with Gasteiger partial charge in [0, 0.05) is 19.1 Å². The molecule has 1 aromatic rings. The Hall–Kier alpha value is 0.280. The first kappa shape index (κ1) is 16.3. The topological polar surface area (TPSA) is 28.2 Å². The average Bonchev–Trinajstić information content (AvgIpc) is 2.74. The van der Waals surface area contributed by atoms with E-state index in [4.69, 9.17) is 0 Å². The normalized spacial score (nSPS) is 13.5. The van der Waals surface area contributed by atoms with Gasteiger partial charge < -0.3 is 10.2 Å². The molecule has 0 saturated carbocycles. The summed E-state index contributed by atoms with van der Waals surface area (Å²) in [5, 5.41) is 4.73. The van der Waals surface area contributed by atoms with Crippen molar-refractivity contribution < 1.29 is 0 Å². The number of hydrogen-bond acceptors (Lipinski definition) is 4. The minimum absolute atomic E-state index is 0.610. The number of rotatable bonds is 8. The van der Waals surface area contributed by atoms with E-state index in [0.717, 1.165) is 19.0 Å². The average molecular weight is 381 g/mol. The minimum atomic E-state index is 0.610. The fourth-order valence-corrected chi connectivity index (χ4v) is 3.81. The molecule has 0 saturated heterocycles. The SMILES string of the molecule is CCC(CC)C(CNCc1ncc(I)s1)N(C)C. The Morgan fingerprint density at radius 1 is 1.39 bits per heavy atom. The van der Waals surface area contributed by atoms with Crippen molar-refractivity contribution in [2.45, 2.75) is 39.3 Å². The van der Waals surface area contributed by atoms with Crippen LogP contribution in [0.4, 0.5) is 0 Å². The predicted molar refractivity (Wildman–Crippen MR) is 88.1 cm³/mol. The van der Waals surface area contributed by atoms with Gasteiger partial charge in [-0.3, -0.25) is 0 Å². The number of aromatic nitrogens is 1. The molecule has 0 aliphatic heterocycles. The molecule has 0 spiro atoms. The monoisotopic (exact) mass is 381 g/mol. The fraction of sp³-hybridized carbons (Fsp3) is 0.769. The van der Waals surface area contributed by atoms with Gasteiger partial charge in [0.2, 0.25) is 0 Å². The molecule has 5 heteroatoms. The summed E-state index contributed by atoms with van der Waals surface area (Å²) in [6.45, 7) is 6.50. The number of halogens is 1. The lowest BCUT2D eigenvalue weighted by Gasteiger charge is -2.31. The molecule has 0 amide bonds. The number of nitrogens with zero attached hydrogens (tertiary/aromatic N) is 2. The second-order valence-electron chi connectivity index (χ2n) is 4.80. The van der Waals surface area contributed by atoms with Gasteiger partial charge in [-0.15, -0.1) is 11.3 Å². The van der Waals surface area contributed by atoms with Crippen molar-refractivity contribution in [3.05, 3.63) is 14.1 Å². The summed E-state index contributed by atoms with van der Waals surface area (Å²) >= 11 is 4.09. The molecule has 1 atom stereocenters. The van der Waals surface area contributed by atoms with Crippen molar-refractivity contribution in [3.63, 3.8) is 0 Å². The molecule has 0 aromatic carbocycles. The zero-order chi connectivity index (χ0) is 13.5. The van der Waals surface area contributed by atoms with Crippen LogP contribution >= 0.6 is 33.9 Å². The molecule has 0 fully saturated rings. The van der Waals surface area contributed by atoms with E-state index in [1.807, 2.05) is 6.20 Å². The Labute approximate surface area is 129 Å². The standard InChI is InChI=1S/C13H24IN3S/c1-5-10(6-2)11(17(3)4)7-15-9-13-16-8-12(14)18-13/h8,10-11,15H,5-7,9H2,1-4H3. The second-order valence-corrected chi connectivity index (χ2v) is 7.81. The molecule has 1 rings (SSSR count). The van der Waals surface area contributed by atoms with Gasteiger partial charge in [0.1, 0.15) is 5.01 Å². The van der Waals surface area contributed by atoms with E-state index in [1.165, 1.54) is 20.7 Å². The van der Waals surface area contributed by atoms with E-state index in [9.17, 15) is 0 Å². The highest BCUT2D eigenvalue weighted by Crippen LogP contribution is 2.17. The van der Waals surface area contributed by atoms with Gasteiger partial charge in [-0.1, -0.05) is 26.7 Å². The number of thiazole rings is 1. The maximum Gasteiger partial charge on any atom is 0.107 e. The van der Waals surface area contributed by atoms with Crippen LogP contribution in [0.3, 0.4) is 0 Å². The molecule has 0 aliphatic rings. The first-order chi connectivity index (χ1) is 8.58. The van der Waals surface area contributed by atoms with Gasteiger partial charge in [0.25, 0.3) is 0 Å². The van der Waals surface area contributed by atoms with E-state index in [2.05, 4.69) is 65.7 Å². The first-order valence-corrected chi connectivity index (χ1v) is 8.45. The Morgan fingerprint density at radius 2 is 2.06 bits per heavy atom. The molecular weight excluding hydrogens is 357 g/mol. The molecule has 0 bridgehead atoms. The number of hydrogen-bond donors (Lipinski definition) is 1. The van der Waals surface area contributed by atoms with E-state index in [1.54, 1.807) is 11.3 Å². The molecule has 18 heavy (non-hydrogen) atoms. The van der Waals surface area contributed by atoms with Gasteiger partial charge in [-0.2, -0.15) is 0 Å². The van der Waals surface area contributed by atoms with Crippen molar-refractivity contribution in [2.24, 2.45) is 5.92 Å². The lowest BCUT2D eigenvalue weighted by Crippen LogP contribution is -2.42. The Balaban J connectivity index is 2.42. The predicted octanol–water partition coefficient (Wildman–Crippen LogP) is 3.20. The molecular formula is C13H24IN3S. The zero-order valence-corrected chi connectivity index (χ0v) is 14.7. The van der Waals surface area contributed by atoms with E-state index in [-0.39, 0.29) is 0 Å². The lowest BCUT2D eigenvalue weighted by molar-refractivity contribution is 0.194. The lowest BCUT2D eigenvalue weighted by atomic mass is 9.93. The van der Waals surface area contributed by atoms with Gasteiger partial charge in [0.05, 0.1) is 9.08 Å². The highest BCUT2D eigenvalue weighted by atomic mass is 127. The number of nitrogens with one attached hydrogen (secondary N) is 1. The maximum absolute atomic E-state index is 4.38. The van der Waals surface area contributed by atoms with Crippen LogP contribution in [0.1, 0.15) is 31.7 Å². The van der Waals surface area contributed by atoms with Crippen LogP contribution in [0.15, 0.2) is 6.20 Å². The molecule has 104 valence electrons. The van der Waals surface area contributed by atoms with Crippen LogP contribution in [0.5, 0.6) is 0 Å². The highest BCUT2D eigenvalue weighted by Gasteiger charge is 2.20. The van der Waals surface area contributed by atoms with Crippen molar-refractivity contribution in [1.82, 2.24) is 15.2 Å². The molecule has 0 aliphatic carbocycles. The van der Waals surface area contributed by atoms with Crippen LogP contribution < -0.4 is 5.32 Å². The number of likely N-dealkylation sites (N-methyl/N-ethyl adjacent to an activating group) is 1. The van der Waals surface area contributed by atoms with E-state index in [0.29, 0.717) is 6.04 Å². The third kappa shape index (κ3) is 5.11. The van der Waals surface area contributed by atoms with Crippen molar-refractivity contribution in [3.8, 4) is 0 Å². The summed E-state index contributed by atoms with van der Waals surface area (Å²) in [5.41, 5.74) is 0. The fourth-order valence-electron chi connectivity index (χ4n) is 2.30. The van der Waals surface area contributed by atoms with Crippen LogP contribution in [0, 0.1) is 8.80 Å². The Morgan fingerprint density at radius 3 is 2.50 bits per heavy atom. The van der Waals surface area contributed by atoms with Gasteiger partial charge in [-0.05, 0) is 42.6 Å². The smallest absolute Gasteiger partial charge is 0.107 e. The Bertz CT molecular complexity index is 337. The quantitative estimate of drug-likeness (QED) is 0.701. The third-order valence-electron chi connectivity index (χ3n) is 3.41. The van der Waals surface area contributed by atoms with Crippen LogP contribution in [-0.2, 0) is 6.54 Å². The van der Waals surface area contributed by atoms with Crippen molar-refractivity contribution in [2.75, 3.05) is 20.6 Å². The summed E-state index contributed by atoms with van der Waals surface area (Å²) < 4.78 is 1.26.